The van der Waals surface area contributed by atoms with Crippen LogP contribution >= 0.6 is 11.3 Å². The molecule has 5 nitrogen and oxygen atoms in total. The summed E-state index contributed by atoms with van der Waals surface area (Å²) in [7, 11) is 1.64. The summed E-state index contributed by atoms with van der Waals surface area (Å²) in [5.74, 6) is 5.53. The van der Waals surface area contributed by atoms with Crippen LogP contribution in [0, 0.1) is 11.8 Å². The van der Waals surface area contributed by atoms with E-state index in [1.165, 1.54) is 11.3 Å². The average molecular weight is 294 g/mol. The van der Waals surface area contributed by atoms with E-state index >= 15 is 0 Å². The molecule has 0 bridgehead atoms. The highest BCUT2D eigenvalue weighted by atomic mass is 32.1. The SMILES string of the molecule is COC1(CNC(=O)c2sccc2C#CCN)CCOC1. The van der Waals surface area contributed by atoms with Gasteiger partial charge >= 0.3 is 0 Å². The van der Waals surface area contributed by atoms with E-state index in [0.717, 1.165) is 6.42 Å². The first-order valence-corrected chi connectivity index (χ1v) is 7.26. The molecule has 0 radical (unpaired) electrons. The summed E-state index contributed by atoms with van der Waals surface area (Å²) >= 11 is 1.37. The monoisotopic (exact) mass is 294 g/mol. The van der Waals surface area contributed by atoms with E-state index in [4.69, 9.17) is 15.2 Å². The number of carbonyl (C=O) groups excluding carboxylic acids is 1. The van der Waals surface area contributed by atoms with Gasteiger partial charge in [-0.05, 0) is 11.4 Å². The Kier molecular flexibility index (Phi) is 5.15. The second-order valence-corrected chi connectivity index (χ2v) is 5.46. The second-order valence-electron chi connectivity index (χ2n) is 4.54. The minimum absolute atomic E-state index is 0.135. The van der Waals surface area contributed by atoms with Gasteiger partial charge in [-0.1, -0.05) is 11.8 Å². The molecule has 1 unspecified atom stereocenters. The van der Waals surface area contributed by atoms with Gasteiger partial charge in [0.05, 0.1) is 13.2 Å². The maximum atomic E-state index is 12.2. The summed E-state index contributed by atoms with van der Waals surface area (Å²) in [6.07, 6.45) is 0.786. The molecule has 0 spiro atoms. The zero-order chi connectivity index (χ0) is 14.4. The van der Waals surface area contributed by atoms with Gasteiger partial charge < -0.3 is 20.5 Å². The van der Waals surface area contributed by atoms with Gasteiger partial charge in [-0.25, -0.2) is 0 Å². The lowest BCUT2D eigenvalue weighted by molar-refractivity contribution is -0.0148. The normalized spacial score (nSPS) is 21.3. The smallest absolute Gasteiger partial charge is 0.262 e. The maximum absolute atomic E-state index is 12.2. The summed E-state index contributed by atoms with van der Waals surface area (Å²) in [4.78, 5) is 12.8. The summed E-state index contributed by atoms with van der Waals surface area (Å²) in [6.45, 7) is 1.88. The summed E-state index contributed by atoms with van der Waals surface area (Å²) in [5.41, 5.74) is 5.66. The van der Waals surface area contributed by atoms with Gasteiger partial charge in [-0.2, -0.15) is 0 Å². The van der Waals surface area contributed by atoms with Crippen LogP contribution in [0.5, 0.6) is 0 Å². The molecule has 0 aliphatic carbocycles. The molecule has 0 saturated carbocycles. The fourth-order valence-corrected chi connectivity index (χ4v) is 2.78. The van der Waals surface area contributed by atoms with Crippen LogP contribution in [0.2, 0.25) is 0 Å². The molecule has 1 aliphatic heterocycles. The molecule has 0 aromatic carbocycles. The van der Waals surface area contributed by atoms with E-state index in [9.17, 15) is 4.79 Å². The number of nitrogens with two attached hydrogens (primary N) is 1. The molecule has 6 heteroatoms. The third-order valence-corrected chi connectivity index (χ3v) is 4.18. The first kappa shape index (κ1) is 15.0. The largest absolute Gasteiger partial charge is 0.378 e. The topological polar surface area (TPSA) is 73.6 Å². The molecule has 1 aliphatic rings. The van der Waals surface area contributed by atoms with Crippen molar-refractivity contribution in [1.82, 2.24) is 5.32 Å². The molecular formula is C14H18N2O3S. The fourth-order valence-electron chi connectivity index (χ4n) is 2.01. The van der Waals surface area contributed by atoms with Gasteiger partial charge in [0.25, 0.3) is 5.91 Å². The van der Waals surface area contributed by atoms with Crippen LogP contribution in [0.1, 0.15) is 21.7 Å². The third-order valence-electron chi connectivity index (χ3n) is 3.27. The number of rotatable bonds is 4. The van der Waals surface area contributed by atoms with Crippen molar-refractivity contribution >= 4 is 17.2 Å². The number of ether oxygens (including phenoxy) is 2. The van der Waals surface area contributed by atoms with Crippen LogP contribution in [0.4, 0.5) is 0 Å². The van der Waals surface area contributed by atoms with E-state index in [2.05, 4.69) is 17.2 Å². The molecule has 1 fully saturated rings. The highest BCUT2D eigenvalue weighted by molar-refractivity contribution is 7.12. The van der Waals surface area contributed by atoms with Crippen LogP contribution in [-0.4, -0.2) is 44.9 Å². The summed E-state index contributed by atoms with van der Waals surface area (Å²) < 4.78 is 10.8. The molecule has 1 saturated heterocycles. The number of carbonyl (C=O) groups is 1. The molecule has 1 aromatic heterocycles. The number of nitrogens with one attached hydrogen (secondary N) is 1. The molecule has 2 rings (SSSR count). The minimum Gasteiger partial charge on any atom is -0.378 e. The van der Waals surface area contributed by atoms with E-state index in [0.29, 0.717) is 30.2 Å². The first-order valence-electron chi connectivity index (χ1n) is 6.38. The van der Waals surface area contributed by atoms with Gasteiger partial charge in [-0.15, -0.1) is 11.3 Å². The number of thiophene rings is 1. The lowest BCUT2D eigenvalue weighted by Gasteiger charge is -2.25. The third kappa shape index (κ3) is 3.38. The highest BCUT2D eigenvalue weighted by Crippen LogP contribution is 2.22. The molecule has 2 heterocycles. The second kappa shape index (κ2) is 6.86. The van der Waals surface area contributed by atoms with Crippen LogP contribution in [0.15, 0.2) is 11.4 Å². The Labute approximate surface area is 122 Å². The molecule has 3 N–H and O–H groups in total. The van der Waals surface area contributed by atoms with E-state index < -0.39 is 5.60 Å². The molecule has 1 atom stereocenters. The van der Waals surface area contributed by atoms with Gasteiger partial charge in [0.2, 0.25) is 0 Å². The van der Waals surface area contributed by atoms with E-state index in [1.54, 1.807) is 7.11 Å². The Morgan fingerprint density at radius 3 is 3.20 bits per heavy atom. The molecule has 20 heavy (non-hydrogen) atoms. The quantitative estimate of drug-likeness (QED) is 0.797. The minimum atomic E-state index is -0.407. The predicted molar refractivity (Wildman–Crippen MR) is 77.8 cm³/mol. The fraction of sp³-hybridized carbons (Fsp3) is 0.500. The predicted octanol–water partition coefficient (Wildman–Crippen LogP) is 0.594. The lowest BCUT2D eigenvalue weighted by atomic mass is 10.0. The highest BCUT2D eigenvalue weighted by Gasteiger charge is 2.35. The average Bonchev–Trinajstić information content (AvgIpc) is 3.12. The lowest BCUT2D eigenvalue weighted by Crippen LogP contribution is -2.44. The number of hydrogen-bond donors (Lipinski definition) is 2. The van der Waals surface area contributed by atoms with Gasteiger partial charge in [-0.3, -0.25) is 4.79 Å². The number of amides is 1. The number of hydrogen-bond acceptors (Lipinski definition) is 5. The maximum Gasteiger partial charge on any atom is 0.262 e. The zero-order valence-electron chi connectivity index (χ0n) is 11.4. The van der Waals surface area contributed by atoms with Gasteiger partial charge in [0.1, 0.15) is 10.5 Å². The van der Waals surface area contributed by atoms with Gasteiger partial charge in [0.15, 0.2) is 0 Å². The Morgan fingerprint density at radius 1 is 1.70 bits per heavy atom. The Bertz CT molecular complexity index is 524. The Hall–Kier alpha value is -1.39. The van der Waals surface area contributed by atoms with Crippen molar-refractivity contribution in [3.05, 3.63) is 21.9 Å². The van der Waals surface area contributed by atoms with Crippen LogP contribution < -0.4 is 11.1 Å². The Morgan fingerprint density at radius 2 is 2.55 bits per heavy atom. The standard InChI is InChI=1S/C14H18N2O3S/c1-18-14(5-7-19-10-14)9-16-13(17)12-11(3-2-6-15)4-8-20-12/h4,8H,5-7,9-10,15H2,1H3,(H,16,17). The van der Waals surface area contributed by atoms with Crippen molar-refractivity contribution in [2.24, 2.45) is 5.73 Å². The number of methoxy groups -OCH3 is 1. The molecular weight excluding hydrogens is 276 g/mol. The van der Waals surface area contributed by atoms with Crippen LogP contribution in [0.3, 0.4) is 0 Å². The van der Waals surface area contributed by atoms with Crippen LogP contribution in [0.25, 0.3) is 0 Å². The Balaban J connectivity index is 2.00. The van der Waals surface area contributed by atoms with Crippen molar-refractivity contribution in [3.8, 4) is 11.8 Å². The van der Waals surface area contributed by atoms with Crippen molar-refractivity contribution in [1.29, 1.82) is 0 Å². The van der Waals surface area contributed by atoms with Crippen molar-refractivity contribution in [2.45, 2.75) is 12.0 Å². The summed E-state index contributed by atoms with van der Waals surface area (Å²) in [6, 6.07) is 1.83. The van der Waals surface area contributed by atoms with Crippen LogP contribution in [-0.2, 0) is 9.47 Å². The van der Waals surface area contributed by atoms with Crippen molar-refractivity contribution in [2.75, 3.05) is 33.4 Å². The van der Waals surface area contributed by atoms with E-state index in [1.807, 2.05) is 11.4 Å². The van der Waals surface area contributed by atoms with Crippen molar-refractivity contribution < 1.29 is 14.3 Å². The van der Waals surface area contributed by atoms with Gasteiger partial charge in [0, 0.05) is 32.2 Å². The first-order chi connectivity index (χ1) is 9.71. The molecule has 1 amide bonds. The summed E-state index contributed by atoms with van der Waals surface area (Å²) in [5, 5.41) is 4.75. The van der Waals surface area contributed by atoms with E-state index in [-0.39, 0.29) is 12.5 Å². The zero-order valence-corrected chi connectivity index (χ0v) is 12.2. The molecule has 1 aromatic rings. The van der Waals surface area contributed by atoms with Crippen molar-refractivity contribution in [3.63, 3.8) is 0 Å². The molecule has 108 valence electrons.